The first-order valence-electron chi connectivity index (χ1n) is 10.3. The normalized spacial score (nSPS) is 11.4. The summed E-state index contributed by atoms with van der Waals surface area (Å²) < 4.78 is 3.43. The van der Waals surface area contributed by atoms with Gasteiger partial charge in [0.05, 0.1) is 6.21 Å². The standard InChI is InChI=1S/C27H20IN3O/c28-24-13-9-19(10-14-24)17-31-18-23(25-7-3-4-8-26(25)31)16-29-30-27(32)22-12-11-20-5-1-2-6-21(20)15-22/h1-16,18H,17H2,(H,30,32)/b29-16-. The number of amides is 1. The van der Waals surface area contributed by atoms with Crippen LogP contribution in [0.25, 0.3) is 21.7 Å². The van der Waals surface area contributed by atoms with Gasteiger partial charge in [0.2, 0.25) is 0 Å². The zero-order chi connectivity index (χ0) is 21.9. The van der Waals surface area contributed by atoms with Crippen molar-refractivity contribution in [3.8, 4) is 0 Å². The molecule has 0 unspecified atom stereocenters. The third-order valence-electron chi connectivity index (χ3n) is 5.47. The molecular weight excluding hydrogens is 509 g/mol. The van der Waals surface area contributed by atoms with Crippen molar-refractivity contribution in [2.24, 2.45) is 5.10 Å². The number of rotatable bonds is 5. The summed E-state index contributed by atoms with van der Waals surface area (Å²) >= 11 is 2.32. The molecule has 5 aromatic rings. The minimum absolute atomic E-state index is 0.227. The molecule has 0 aliphatic carbocycles. The number of hydrogen-bond donors (Lipinski definition) is 1. The summed E-state index contributed by atoms with van der Waals surface area (Å²) in [5.74, 6) is -0.227. The van der Waals surface area contributed by atoms with Crippen molar-refractivity contribution < 1.29 is 4.79 Å². The Kier molecular flexibility index (Phi) is 5.73. The SMILES string of the molecule is O=C(N/N=C\c1cn(Cc2ccc(I)cc2)c2ccccc12)c1ccc2ccccc2c1. The number of benzene rings is 4. The average molecular weight is 529 g/mol. The molecule has 1 heterocycles. The lowest BCUT2D eigenvalue weighted by atomic mass is 10.1. The molecule has 0 bridgehead atoms. The smallest absolute Gasteiger partial charge is 0.271 e. The molecule has 0 saturated heterocycles. The fraction of sp³-hybridized carbons (Fsp3) is 0.0370. The van der Waals surface area contributed by atoms with Crippen molar-refractivity contribution >= 4 is 56.4 Å². The number of nitrogens with one attached hydrogen (secondary N) is 1. The average Bonchev–Trinajstić information content (AvgIpc) is 3.17. The first-order valence-corrected chi connectivity index (χ1v) is 11.4. The molecule has 1 aromatic heterocycles. The van der Waals surface area contributed by atoms with Crippen LogP contribution in [-0.4, -0.2) is 16.7 Å². The van der Waals surface area contributed by atoms with Crippen LogP contribution in [0.4, 0.5) is 0 Å². The van der Waals surface area contributed by atoms with Crippen molar-refractivity contribution in [2.45, 2.75) is 6.54 Å². The summed E-state index contributed by atoms with van der Waals surface area (Å²) in [4.78, 5) is 12.6. The van der Waals surface area contributed by atoms with Crippen LogP contribution in [0.5, 0.6) is 0 Å². The van der Waals surface area contributed by atoms with E-state index in [1.165, 1.54) is 9.13 Å². The number of carbonyl (C=O) groups excluding carboxylic acids is 1. The Balaban J connectivity index is 1.37. The Morgan fingerprint density at radius 2 is 1.66 bits per heavy atom. The number of hydrazone groups is 1. The van der Waals surface area contributed by atoms with Gasteiger partial charge < -0.3 is 4.57 Å². The molecule has 0 aliphatic heterocycles. The van der Waals surface area contributed by atoms with Crippen LogP contribution in [0.2, 0.25) is 0 Å². The number of nitrogens with zero attached hydrogens (tertiary/aromatic N) is 2. The zero-order valence-electron chi connectivity index (χ0n) is 17.2. The van der Waals surface area contributed by atoms with E-state index in [9.17, 15) is 4.79 Å². The second-order valence-corrected chi connectivity index (χ2v) is 8.86. The summed E-state index contributed by atoms with van der Waals surface area (Å²) in [5.41, 5.74) is 6.58. The summed E-state index contributed by atoms with van der Waals surface area (Å²) in [6, 6.07) is 30.4. The van der Waals surface area contributed by atoms with E-state index in [1.54, 1.807) is 6.21 Å². The number of halogens is 1. The first kappa shape index (κ1) is 20.5. The first-order chi connectivity index (χ1) is 15.7. The maximum absolute atomic E-state index is 12.6. The number of hydrogen-bond acceptors (Lipinski definition) is 2. The Morgan fingerprint density at radius 3 is 2.50 bits per heavy atom. The molecule has 4 nitrogen and oxygen atoms in total. The second-order valence-electron chi connectivity index (χ2n) is 7.62. The molecule has 0 spiro atoms. The fourth-order valence-corrected chi connectivity index (χ4v) is 4.21. The summed E-state index contributed by atoms with van der Waals surface area (Å²) in [6.07, 6.45) is 3.79. The van der Waals surface area contributed by atoms with Gasteiger partial charge in [-0.15, -0.1) is 0 Å². The fourth-order valence-electron chi connectivity index (χ4n) is 3.85. The minimum Gasteiger partial charge on any atom is -0.342 e. The zero-order valence-corrected chi connectivity index (χ0v) is 19.4. The Labute approximate surface area is 199 Å². The van der Waals surface area contributed by atoms with E-state index in [0.29, 0.717) is 5.56 Å². The molecule has 5 rings (SSSR count). The quantitative estimate of drug-likeness (QED) is 0.164. The third-order valence-corrected chi connectivity index (χ3v) is 6.19. The predicted molar refractivity (Wildman–Crippen MR) is 139 cm³/mol. The van der Waals surface area contributed by atoms with E-state index < -0.39 is 0 Å². The van der Waals surface area contributed by atoms with E-state index in [-0.39, 0.29) is 5.91 Å². The largest absolute Gasteiger partial charge is 0.342 e. The summed E-state index contributed by atoms with van der Waals surface area (Å²) in [6.45, 7) is 0.773. The number of fused-ring (bicyclic) bond motifs is 2. The topological polar surface area (TPSA) is 46.4 Å². The van der Waals surface area contributed by atoms with Crippen LogP contribution in [0.3, 0.4) is 0 Å². The van der Waals surface area contributed by atoms with Crippen molar-refractivity contribution in [3.63, 3.8) is 0 Å². The van der Waals surface area contributed by atoms with Gasteiger partial charge in [0.15, 0.2) is 0 Å². The maximum atomic E-state index is 12.6. The monoisotopic (exact) mass is 529 g/mol. The highest BCUT2D eigenvalue weighted by Gasteiger charge is 2.08. The van der Waals surface area contributed by atoms with Gasteiger partial charge in [0.1, 0.15) is 0 Å². The van der Waals surface area contributed by atoms with Gasteiger partial charge in [-0.2, -0.15) is 5.10 Å². The molecular formula is C27H20IN3O. The van der Waals surface area contributed by atoms with Crippen molar-refractivity contribution in [1.82, 2.24) is 9.99 Å². The highest BCUT2D eigenvalue weighted by Crippen LogP contribution is 2.22. The van der Waals surface area contributed by atoms with E-state index in [4.69, 9.17) is 0 Å². The van der Waals surface area contributed by atoms with Crippen LogP contribution in [0.15, 0.2) is 102 Å². The molecule has 5 heteroatoms. The van der Waals surface area contributed by atoms with Crippen LogP contribution < -0.4 is 5.43 Å². The number of carbonyl (C=O) groups is 1. The Hall–Kier alpha value is -3.45. The van der Waals surface area contributed by atoms with Crippen LogP contribution in [0, 0.1) is 3.57 Å². The lowest BCUT2D eigenvalue weighted by molar-refractivity contribution is 0.0955. The molecule has 0 atom stereocenters. The molecule has 4 aromatic carbocycles. The third kappa shape index (κ3) is 4.29. The van der Waals surface area contributed by atoms with Crippen LogP contribution >= 0.6 is 22.6 Å². The van der Waals surface area contributed by atoms with Gasteiger partial charge >= 0.3 is 0 Å². The lowest BCUT2D eigenvalue weighted by Gasteiger charge is -2.05. The summed E-state index contributed by atoms with van der Waals surface area (Å²) in [7, 11) is 0. The molecule has 0 saturated carbocycles. The molecule has 0 aliphatic rings. The molecule has 1 N–H and O–H groups in total. The number of para-hydroxylation sites is 1. The van der Waals surface area contributed by atoms with Gasteiger partial charge in [-0.3, -0.25) is 4.79 Å². The van der Waals surface area contributed by atoms with Gasteiger partial charge in [0.25, 0.3) is 5.91 Å². The van der Waals surface area contributed by atoms with Gasteiger partial charge in [0, 0.05) is 38.3 Å². The highest BCUT2D eigenvalue weighted by atomic mass is 127. The predicted octanol–water partition coefficient (Wildman–Crippen LogP) is 6.21. The van der Waals surface area contributed by atoms with E-state index >= 15 is 0 Å². The van der Waals surface area contributed by atoms with Crippen molar-refractivity contribution in [1.29, 1.82) is 0 Å². The molecule has 0 fully saturated rings. The lowest BCUT2D eigenvalue weighted by Crippen LogP contribution is -2.17. The Bertz CT molecular complexity index is 1450. The van der Waals surface area contributed by atoms with E-state index in [0.717, 1.165) is 33.8 Å². The van der Waals surface area contributed by atoms with E-state index in [1.807, 2.05) is 54.6 Å². The second kappa shape index (κ2) is 8.96. The van der Waals surface area contributed by atoms with Gasteiger partial charge in [-0.25, -0.2) is 5.43 Å². The molecule has 0 radical (unpaired) electrons. The van der Waals surface area contributed by atoms with Crippen LogP contribution in [-0.2, 0) is 6.54 Å². The number of aromatic nitrogens is 1. The van der Waals surface area contributed by atoms with Crippen molar-refractivity contribution in [3.05, 3.63) is 117 Å². The maximum Gasteiger partial charge on any atom is 0.271 e. The molecule has 32 heavy (non-hydrogen) atoms. The Morgan fingerprint density at radius 1 is 0.906 bits per heavy atom. The molecule has 1 amide bonds. The van der Waals surface area contributed by atoms with Gasteiger partial charge in [-0.1, -0.05) is 60.7 Å². The van der Waals surface area contributed by atoms with E-state index in [2.05, 4.69) is 80.3 Å². The highest BCUT2D eigenvalue weighted by molar-refractivity contribution is 14.1. The van der Waals surface area contributed by atoms with Gasteiger partial charge in [-0.05, 0) is 69.3 Å². The molecule has 156 valence electrons. The summed E-state index contributed by atoms with van der Waals surface area (Å²) in [5, 5.41) is 7.48. The van der Waals surface area contributed by atoms with Crippen molar-refractivity contribution in [2.75, 3.05) is 0 Å². The van der Waals surface area contributed by atoms with Crippen LogP contribution in [0.1, 0.15) is 21.5 Å². The minimum atomic E-state index is -0.227.